The fourth-order valence-electron chi connectivity index (χ4n) is 4.61. The van der Waals surface area contributed by atoms with Crippen molar-refractivity contribution in [2.75, 3.05) is 6.61 Å². The van der Waals surface area contributed by atoms with Crippen LogP contribution in [0.2, 0.25) is 0 Å². The summed E-state index contributed by atoms with van der Waals surface area (Å²) in [5.74, 6) is -1.03. The number of ether oxygens (including phenoxy) is 5. The molecule has 1 aliphatic rings. The number of nitrogens with zero attached hydrogens (tertiary/aromatic N) is 3. The number of hydrogen-bond acceptors (Lipinski definition) is 12. The van der Waals surface area contributed by atoms with Crippen LogP contribution < -0.4 is 10.1 Å². The van der Waals surface area contributed by atoms with E-state index < -0.39 is 53.6 Å². The minimum absolute atomic E-state index is 0.170. The number of esters is 3. The van der Waals surface area contributed by atoms with Crippen molar-refractivity contribution in [2.45, 2.75) is 109 Å². The van der Waals surface area contributed by atoms with E-state index in [-0.39, 0.29) is 13.2 Å². The summed E-state index contributed by atoms with van der Waals surface area (Å²) in [5.41, 5.74) is 0.162. The number of carbonyl (C=O) groups excluding carboxylic acids is 4. The molecule has 5 atom stereocenters. The number of unbranched alkanes of at least 4 members (excludes halogenated alkanes) is 2. The fraction of sp³-hybridized carbons (Fsp3) is 0.586. The van der Waals surface area contributed by atoms with Gasteiger partial charge in [-0.1, -0.05) is 43.7 Å². The number of amides is 1. The van der Waals surface area contributed by atoms with Crippen LogP contribution in [-0.4, -0.2) is 75.0 Å². The van der Waals surface area contributed by atoms with E-state index in [1.165, 1.54) is 27.7 Å². The third kappa shape index (κ3) is 10.2. The standard InChI is InChI=1S/C29H40N4O9S/c1-7-8-9-13-33-24(16-39-22-12-10-11-17(2)14-22)31-32-29(33)43-28-25(30-18(3)34)27(41-21(6)37)26(40-20(5)36)23(42-28)15-38-19(4)35/h10-12,14,23,25-28H,7-9,13,15-16H2,1-6H3,(H,30,34)/t23-,25+,26+,27-,28-/m0/s1. The maximum Gasteiger partial charge on any atom is 0.303 e. The van der Waals surface area contributed by atoms with Gasteiger partial charge in [0.05, 0.1) is 0 Å². The molecule has 1 saturated heterocycles. The highest BCUT2D eigenvalue weighted by Crippen LogP contribution is 2.36. The van der Waals surface area contributed by atoms with Crippen LogP contribution in [0.5, 0.6) is 5.75 Å². The molecule has 0 unspecified atom stereocenters. The van der Waals surface area contributed by atoms with Crippen molar-refractivity contribution in [3.63, 3.8) is 0 Å². The van der Waals surface area contributed by atoms with E-state index in [4.69, 9.17) is 23.7 Å². The van der Waals surface area contributed by atoms with Crippen molar-refractivity contribution in [1.82, 2.24) is 20.1 Å². The molecular weight excluding hydrogens is 580 g/mol. The first-order valence-electron chi connectivity index (χ1n) is 14.2. The third-order valence-corrected chi connectivity index (χ3v) is 7.58. The molecule has 43 heavy (non-hydrogen) atoms. The lowest BCUT2D eigenvalue weighted by Gasteiger charge is -2.44. The van der Waals surface area contributed by atoms with Crippen molar-refractivity contribution < 1.29 is 42.9 Å². The maximum atomic E-state index is 12.3. The average molecular weight is 621 g/mol. The van der Waals surface area contributed by atoms with Crippen LogP contribution in [0.4, 0.5) is 0 Å². The van der Waals surface area contributed by atoms with E-state index in [1.807, 2.05) is 35.8 Å². The van der Waals surface area contributed by atoms with Gasteiger partial charge in [0.2, 0.25) is 5.91 Å². The summed E-state index contributed by atoms with van der Waals surface area (Å²) in [4.78, 5) is 48.2. The highest BCUT2D eigenvalue weighted by molar-refractivity contribution is 7.99. The molecule has 0 spiro atoms. The first kappa shape index (κ1) is 33.8. The minimum Gasteiger partial charge on any atom is -0.486 e. The van der Waals surface area contributed by atoms with Crippen molar-refractivity contribution in [3.05, 3.63) is 35.7 Å². The molecule has 236 valence electrons. The molecule has 13 nitrogen and oxygen atoms in total. The van der Waals surface area contributed by atoms with Crippen LogP contribution in [0.3, 0.4) is 0 Å². The topological polar surface area (TPSA) is 157 Å². The number of rotatable bonds is 14. The number of carbonyl (C=O) groups is 4. The Morgan fingerprint density at radius 2 is 1.72 bits per heavy atom. The highest BCUT2D eigenvalue weighted by Gasteiger charge is 2.51. The van der Waals surface area contributed by atoms with Gasteiger partial charge in [-0.15, -0.1) is 10.2 Å². The quantitative estimate of drug-likeness (QED) is 0.187. The van der Waals surface area contributed by atoms with E-state index in [1.54, 1.807) is 0 Å². The Hall–Kier alpha value is -3.65. The SMILES string of the molecule is CCCCCn1c(COc2cccc(C)c2)nnc1S[C@@H]1O[C@@H](COC(C)=O)[C@@H](OC(C)=O)[C@@H](OC(C)=O)[C@H]1NC(C)=O. The van der Waals surface area contributed by atoms with E-state index in [9.17, 15) is 19.2 Å². The zero-order valence-electron chi connectivity index (χ0n) is 25.4. The van der Waals surface area contributed by atoms with Gasteiger partial charge in [0, 0.05) is 34.2 Å². The van der Waals surface area contributed by atoms with Crippen molar-refractivity contribution in [3.8, 4) is 5.75 Å². The molecule has 0 aliphatic carbocycles. The summed E-state index contributed by atoms with van der Waals surface area (Å²) in [6.45, 7) is 9.53. The van der Waals surface area contributed by atoms with Crippen LogP contribution in [-0.2, 0) is 51.3 Å². The second kappa shape index (κ2) is 16.3. The van der Waals surface area contributed by atoms with Gasteiger partial charge in [0.25, 0.3) is 0 Å². The number of aromatic nitrogens is 3. The van der Waals surface area contributed by atoms with Gasteiger partial charge in [-0.25, -0.2) is 0 Å². The van der Waals surface area contributed by atoms with E-state index in [0.717, 1.165) is 36.6 Å². The monoisotopic (exact) mass is 620 g/mol. The van der Waals surface area contributed by atoms with E-state index in [0.29, 0.717) is 23.3 Å². The molecule has 3 rings (SSSR count). The molecule has 1 fully saturated rings. The van der Waals surface area contributed by atoms with Gasteiger partial charge in [0.1, 0.15) is 36.5 Å². The lowest BCUT2D eigenvalue weighted by Crippen LogP contribution is -2.65. The molecule has 1 N–H and O–H groups in total. The van der Waals surface area contributed by atoms with Crippen molar-refractivity contribution in [2.24, 2.45) is 0 Å². The lowest BCUT2D eigenvalue weighted by molar-refractivity contribution is -0.211. The maximum absolute atomic E-state index is 12.3. The van der Waals surface area contributed by atoms with Gasteiger partial charge < -0.3 is 33.6 Å². The summed E-state index contributed by atoms with van der Waals surface area (Å²) in [7, 11) is 0. The second-order valence-electron chi connectivity index (χ2n) is 10.2. The van der Waals surface area contributed by atoms with Crippen LogP contribution >= 0.6 is 11.8 Å². The summed E-state index contributed by atoms with van der Waals surface area (Å²) in [6, 6.07) is 6.73. The molecule has 2 heterocycles. The van der Waals surface area contributed by atoms with Gasteiger partial charge in [-0.2, -0.15) is 0 Å². The van der Waals surface area contributed by atoms with Gasteiger partial charge in [0.15, 0.2) is 23.2 Å². The number of thioether (sulfide) groups is 1. The van der Waals surface area contributed by atoms with E-state index in [2.05, 4.69) is 22.4 Å². The number of nitrogens with one attached hydrogen (secondary N) is 1. The van der Waals surface area contributed by atoms with Crippen molar-refractivity contribution in [1.29, 1.82) is 0 Å². The van der Waals surface area contributed by atoms with Crippen LogP contribution in [0, 0.1) is 6.92 Å². The Bertz CT molecular complexity index is 1270. The van der Waals surface area contributed by atoms with E-state index >= 15 is 0 Å². The minimum atomic E-state index is -1.17. The average Bonchev–Trinajstić information content (AvgIpc) is 3.30. The third-order valence-electron chi connectivity index (χ3n) is 6.43. The number of aryl methyl sites for hydroxylation is 1. The molecule has 0 radical (unpaired) electrons. The Balaban J connectivity index is 1.97. The van der Waals surface area contributed by atoms with Crippen LogP contribution in [0.1, 0.15) is 65.3 Å². The molecule has 14 heteroatoms. The summed E-state index contributed by atoms with van der Waals surface area (Å²) >= 11 is 1.16. The normalized spacial score (nSPS) is 21.5. The summed E-state index contributed by atoms with van der Waals surface area (Å²) in [6.07, 6.45) is -0.485. The first-order chi connectivity index (χ1) is 20.5. The second-order valence-corrected chi connectivity index (χ2v) is 11.3. The first-order valence-corrected chi connectivity index (χ1v) is 15.0. The Morgan fingerprint density at radius 3 is 2.35 bits per heavy atom. The van der Waals surface area contributed by atoms with Crippen LogP contribution in [0.25, 0.3) is 0 Å². The molecule has 1 aliphatic heterocycles. The smallest absolute Gasteiger partial charge is 0.303 e. The lowest BCUT2D eigenvalue weighted by atomic mass is 9.97. The van der Waals surface area contributed by atoms with Crippen LogP contribution in [0.15, 0.2) is 29.4 Å². The Labute approximate surface area is 255 Å². The van der Waals surface area contributed by atoms with Gasteiger partial charge in [-0.05, 0) is 31.0 Å². The summed E-state index contributed by atoms with van der Waals surface area (Å²) in [5, 5.41) is 12.1. The zero-order chi connectivity index (χ0) is 31.5. The molecule has 1 amide bonds. The summed E-state index contributed by atoms with van der Waals surface area (Å²) < 4.78 is 30.5. The molecule has 0 bridgehead atoms. The largest absolute Gasteiger partial charge is 0.486 e. The highest BCUT2D eigenvalue weighted by atomic mass is 32.2. The number of benzene rings is 1. The molecule has 1 aromatic carbocycles. The predicted molar refractivity (Wildman–Crippen MR) is 155 cm³/mol. The predicted octanol–water partition coefficient (Wildman–Crippen LogP) is 3.10. The Kier molecular flexibility index (Phi) is 12.8. The Morgan fingerprint density at radius 1 is 1.00 bits per heavy atom. The number of hydrogen-bond donors (Lipinski definition) is 1. The zero-order valence-corrected chi connectivity index (χ0v) is 26.2. The van der Waals surface area contributed by atoms with Crippen molar-refractivity contribution >= 4 is 35.6 Å². The van der Waals surface area contributed by atoms with Gasteiger partial charge >= 0.3 is 17.9 Å². The fourth-order valence-corrected chi connectivity index (χ4v) is 5.79. The molecule has 0 saturated carbocycles. The molecule has 2 aromatic rings. The van der Waals surface area contributed by atoms with Gasteiger partial charge in [-0.3, -0.25) is 19.2 Å². The molecular formula is C29H40N4O9S. The molecule has 1 aromatic heterocycles.